The smallest absolute Gasteiger partial charge is 0.394 e. The summed E-state index contributed by atoms with van der Waals surface area (Å²) >= 11 is 0. The molecular weight excluding hydrogens is 403 g/mol. The van der Waals surface area contributed by atoms with E-state index < -0.39 is 30.3 Å². The van der Waals surface area contributed by atoms with Crippen LogP contribution in [0.3, 0.4) is 0 Å². The van der Waals surface area contributed by atoms with Crippen molar-refractivity contribution >= 4 is 16.8 Å². The number of hydrogen-bond acceptors (Lipinski definition) is 6. The average Bonchev–Trinajstić information content (AvgIpc) is 3.39. The van der Waals surface area contributed by atoms with Gasteiger partial charge in [-0.2, -0.15) is 23.3 Å². The molecule has 0 fully saturated rings. The molecule has 11 heteroatoms. The maximum atomic E-state index is 12.7. The molecule has 0 saturated carbocycles. The molecule has 8 nitrogen and oxygen atoms in total. The standard InChI is InChI=1S/C19H14F3N5O3/c20-19(21,22)11-7-5-10(6-8-11)16-24-18(30-27-16)14(9-28)23-17(29)15-12-3-1-2-4-13(12)25-26-15/h1-8,14,28H,9H2,(H,23,29)(H,25,26). The van der Waals surface area contributed by atoms with Crippen molar-refractivity contribution in [3.63, 3.8) is 0 Å². The van der Waals surface area contributed by atoms with Crippen LogP contribution >= 0.6 is 0 Å². The molecule has 0 aliphatic carbocycles. The first-order valence-electron chi connectivity index (χ1n) is 8.73. The largest absolute Gasteiger partial charge is 0.416 e. The summed E-state index contributed by atoms with van der Waals surface area (Å²) in [5.41, 5.74) is 0.290. The Morgan fingerprint density at radius 2 is 1.90 bits per heavy atom. The van der Waals surface area contributed by atoms with E-state index in [4.69, 9.17) is 4.52 Å². The molecule has 0 aliphatic heterocycles. The van der Waals surface area contributed by atoms with Crippen molar-refractivity contribution in [2.75, 3.05) is 6.61 Å². The van der Waals surface area contributed by atoms with E-state index in [9.17, 15) is 23.1 Å². The lowest BCUT2D eigenvalue weighted by molar-refractivity contribution is -0.137. The van der Waals surface area contributed by atoms with Gasteiger partial charge in [-0.15, -0.1) is 0 Å². The number of carbonyl (C=O) groups excluding carboxylic acids is 1. The molecule has 30 heavy (non-hydrogen) atoms. The predicted octanol–water partition coefficient (Wildman–Crippen LogP) is 3.10. The lowest BCUT2D eigenvalue weighted by Gasteiger charge is -2.11. The highest BCUT2D eigenvalue weighted by Gasteiger charge is 2.30. The Labute approximate surface area is 166 Å². The zero-order valence-corrected chi connectivity index (χ0v) is 15.1. The Hall–Kier alpha value is -3.73. The summed E-state index contributed by atoms with van der Waals surface area (Å²) in [5.74, 6) is -0.641. The molecule has 3 N–H and O–H groups in total. The SMILES string of the molecule is O=C(NC(CO)c1nc(-c2ccc(C(F)(F)F)cc2)no1)c1n[nH]c2ccccc12. The summed E-state index contributed by atoms with van der Waals surface area (Å²) < 4.78 is 43.2. The van der Waals surface area contributed by atoms with Crippen LogP contribution in [-0.4, -0.2) is 38.0 Å². The molecule has 4 aromatic rings. The van der Waals surface area contributed by atoms with Crippen LogP contribution in [-0.2, 0) is 6.18 Å². The van der Waals surface area contributed by atoms with Gasteiger partial charge in [0.1, 0.15) is 6.04 Å². The normalized spacial score (nSPS) is 12.8. The Bertz CT molecular complexity index is 1180. The molecule has 4 rings (SSSR count). The van der Waals surface area contributed by atoms with Gasteiger partial charge in [-0.05, 0) is 18.2 Å². The number of aliphatic hydroxyl groups excluding tert-OH is 1. The van der Waals surface area contributed by atoms with Gasteiger partial charge in [0.2, 0.25) is 5.82 Å². The van der Waals surface area contributed by atoms with Crippen molar-refractivity contribution in [1.29, 1.82) is 0 Å². The Morgan fingerprint density at radius 1 is 1.17 bits per heavy atom. The summed E-state index contributed by atoms with van der Waals surface area (Å²) in [6.07, 6.45) is -4.45. The molecule has 0 spiro atoms. The van der Waals surface area contributed by atoms with Crippen LogP contribution < -0.4 is 5.32 Å². The number of benzene rings is 2. The van der Waals surface area contributed by atoms with Gasteiger partial charge >= 0.3 is 6.18 Å². The summed E-state index contributed by atoms with van der Waals surface area (Å²) in [7, 11) is 0. The van der Waals surface area contributed by atoms with Crippen molar-refractivity contribution in [2.45, 2.75) is 12.2 Å². The molecule has 2 heterocycles. The average molecular weight is 417 g/mol. The molecule has 0 radical (unpaired) electrons. The molecule has 2 aromatic carbocycles. The molecule has 1 atom stereocenters. The second-order valence-electron chi connectivity index (χ2n) is 6.36. The first-order valence-corrected chi connectivity index (χ1v) is 8.73. The second kappa shape index (κ2) is 7.59. The second-order valence-corrected chi connectivity index (χ2v) is 6.36. The summed E-state index contributed by atoms with van der Waals surface area (Å²) in [4.78, 5) is 16.6. The zero-order valence-electron chi connectivity index (χ0n) is 15.1. The Balaban J connectivity index is 1.53. The number of H-pyrrole nitrogens is 1. The highest BCUT2D eigenvalue weighted by Crippen LogP contribution is 2.30. The van der Waals surface area contributed by atoms with Crippen LogP contribution in [0.25, 0.3) is 22.3 Å². The maximum Gasteiger partial charge on any atom is 0.416 e. The van der Waals surface area contributed by atoms with Gasteiger partial charge in [-0.3, -0.25) is 9.89 Å². The summed E-state index contributed by atoms with van der Waals surface area (Å²) in [6, 6.07) is 10.2. The van der Waals surface area contributed by atoms with E-state index in [2.05, 4.69) is 25.7 Å². The fraction of sp³-hybridized carbons (Fsp3) is 0.158. The van der Waals surface area contributed by atoms with Gasteiger partial charge in [-0.25, -0.2) is 0 Å². The minimum Gasteiger partial charge on any atom is -0.394 e. The van der Waals surface area contributed by atoms with Gasteiger partial charge in [0.15, 0.2) is 5.69 Å². The van der Waals surface area contributed by atoms with Crippen molar-refractivity contribution in [3.05, 3.63) is 65.7 Å². The Morgan fingerprint density at radius 3 is 2.60 bits per heavy atom. The number of fused-ring (bicyclic) bond motifs is 1. The number of aromatic nitrogens is 4. The number of aromatic amines is 1. The fourth-order valence-corrected chi connectivity index (χ4v) is 2.85. The van der Waals surface area contributed by atoms with E-state index >= 15 is 0 Å². The summed E-state index contributed by atoms with van der Waals surface area (Å²) in [6.45, 7) is -0.539. The topological polar surface area (TPSA) is 117 Å². The minimum absolute atomic E-state index is 0.0247. The number of rotatable bonds is 5. The molecule has 1 amide bonds. The number of carbonyl (C=O) groups is 1. The van der Waals surface area contributed by atoms with Crippen LogP contribution in [0.15, 0.2) is 53.1 Å². The first-order chi connectivity index (χ1) is 14.4. The highest BCUT2D eigenvalue weighted by molar-refractivity contribution is 6.04. The monoisotopic (exact) mass is 417 g/mol. The molecule has 154 valence electrons. The number of amides is 1. The van der Waals surface area contributed by atoms with E-state index in [-0.39, 0.29) is 17.4 Å². The fourth-order valence-electron chi connectivity index (χ4n) is 2.85. The van der Waals surface area contributed by atoms with Crippen molar-refractivity contribution in [2.24, 2.45) is 0 Å². The zero-order chi connectivity index (χ0) is 21.3. The molecule has 0 bridgehead atoms. The maximum absolute atomic E-state index is 12.7. The first kappa shape index (κ1) is 19.6. The Kier molecular flexibility index (Phi) is 4.96. The van der Waals surface area contributed by atoms with Gasteiger partial charge in [0, 0.05) is 10.9 Å². The van der Waals surface area contributed by atoms with E-state index in [1.807, 2.05) is 0 Å². The number of nitrogens with zero attached hydrogens (tertiary/aromatic N) is 3. The number of hydrogen-bond donors (Lipinski definition) is 3. The van der Waals surface area contributed by atoms with Gasteiger partial charge in [-0.1, -0.05) is 35.5 Å². The highest BCUT2D eigenvalue weighted by atomic mass is 19.4. The van der Waals surface area contributed by atoms with E-state index in [0.717, 1.165) is 12.1 Å². The van der Waals surface area contributed by atoms with Crippen molar-refractivity contribution in [3.8, 4) is 11.4 Å². The molecule has 0 aliphatic rings. The van der Waals surface area contributed by atoms with Crippen LogP contribution in [0, 0.1) is 0 Å². The number of aliphatic hydroxyl groups is 1. The van der Waals surface area contributed by atoms with E-state index in [1.54, 1.807) is 24.3 Å². The third kappa shape index (κ3) is 3.74. The van der Waals surface area contributed by atoms with Crippen molar-refractivity contribution < 1.29 is 27.6 Å². The molecule has 2 aromatic heterocycles. The van der Waals surface area contributed by atoms with Gasteiger partial charge < -0.3 is 14.9 Å². The minimum atomic E-state index is -4.45. The van der Waals surface area contributed by atoms with Crippen LogP contribution in [0.1, 0.15) is 28.0 Å². The quantitative estimate of drug-likeness (QED) is 0.459. The third-order valence-corrected chi connectivity index (χ3v) is 4.38. The lowest BCUT2D eigenvalue weighted by Crippen LogP contribution is -2.31. The van der Waals surface area contributed by atoms with E-state index in [0.29, 0.717) is 16.5 Å². The van der Waals surface area contributed by atoms with Gasteiger partial charge in [0.25, 0.3) is 11.8 Å². The molecule has 0 saturated heterocycles. The molecular formula is C19H14F3N5O3. The lowest BCUT2D eigenvalue weighted by atomic mass is 10.1. The van der Waals surface area contributed by atoms with Gasteiger partial charge in [0.05, 0.1) is 17.7 Å². The van der Waals surface area contributed by atoms with Crippen molar-refractivity contribution in [1.82, 2.24) is 25.7 Å². The number of nitrogens with one attached hydrogen (secondary N) is 2. The van der Waals surface area contributed by atoms with Crippen LogP contribution in [0.5, 0.6) is 0 Å². The number of halogens is 3. The predicted molar refractivity (Wildman–Crippen MR) is 98.1 cm³/mol. The van der Waals surface area contributed by atoms with Crippen LogP contribution in [0.2, 0.25) is 0 Å². The van der Waals surface area contributed by atoms with Crippen LogP contribution in [0.4, 0.5) is 13.2 Å². The number of alkyl halides is 3. The molecule has 1 unspecified atom stereocenters. The third-order valence-electron chi connectivity index (χ3n) is 4.38. The van der Waals surface area contributed by atoms with E-state index in [1.165, 1.54) is 12.1 Å². The summed E-state index contributed by atoms with van der Waals surface area (Å²) in [5, 5.41) is 23.2. The number of para-hydroxylation sites is 1.